The van der Waals surface area contributed by atoms with Gasteiger partial charge >= 0.3 is 6.03 Å². The fourth-order valence-electron chi connectivity index (χ4n) is 4.87. The Hall–Kier alpha value is -4.08. The second-order valence-corrected chi connectivity index (χ2v) is 9.44. The predicted octanol–water partition coefficient (Wildman–Crippen LogP) is 4.74. The number of methoxy groups -OCH3 is 1. The lowest BCUT2D eigenvalue weighted by Gasteiger charge is -2.36. The first-order valence-electron chi connectivity index (χ1n) is 13.3. The first-order chi connectivity index (χ1) is 18.7. The van der Waals surface area contributed by atoms with Crippen LogP contribution in [0.3, 0.4) is 0 Å². The molecule has 0 bridgehead atoms. The van der Waals surface area contributed by atoms with Crippen molar-refractivity contribution in [2.45, 2.75) is 52.2 Å². The van der Waals surface area contributed by atoms with Crippen molar-refractivity contribution in [2.24, 2.45) is 0 Å². The number of hydrogen-bond acceptors (Lipinski definition) is 6. The zero-order chi connectivity index (χ0) is 26.3. The van der Waals surface area contributed by atoms with Crippen LogP contribution in [0.2, 0.25) is 0 Å². The number of hydrogen-bond donors (Lipinski definition) is 0. The maximum absolute atomic E-state index is 13.6. The topological polar surface area (TPSA) is 90.5 Å². The summed E-state index contributed by atoms with van der Waals surface area (Å²) in [5.74, 6) is 1.35. The Labute approximate surface area is 222 Å². The highest BCUT2D eigenvalue weighted by atomic mass is 16.5. The van der Waals surface area contributed by atoms with Gasteiger partial charge in [-0.3, -0.25) is 4.90 Å². The van der Waals surface area contributed by atoms with Gasteiger partial charge < -0.3 is 18.9 Å². The number of carbonyl (C=O) groups is 1. The molecule has 4 aromatic rings. The average Bonchev–Trinajstić information content (AvgIpc) is 3.61. The average molecular weight is 518 g/mol. The summed E-state index contributed by atoms with van der Waals surface area (Å²) in [7, 11) is 1.64. The molecule has 0 unspecified atom stereocenters. The van der Waals surface area contributed by atoms with Crippen LogP contribution in [0, 0.1) is 0 Å². The van der Waals surface area contributed by atoms with Crippen LogP contribution in [-0.4, -0.2) is 62.3 Å². The van der Waals surface area contributed by atoms with Gasteiger partial charge in [-0.15, -0.1) is 0 Å². The molecule has 0 atom stereocenters. The summed E-state index contributed by atoms with van der Waals surface area (Å²) in [6.45, 7) is 6.07. The van der Waals surface area contributed by atoms with Gasteiger partial charge in [-0.2, -0.15) is 15.0 Å². The van der Waals surface area contributed by atoms with Gasteiger partial charge in [0.15, 0.2) is 11.5 Å². The number of anilines is 1. The maximum Gasteiger partial charge on any atom is 0.324 e. The molecular formula is C28H35N7O3. The van der Waals surface area contributed by atoms with Gasteiger partial charge in [0.05, 0.1) is 32.7 Å². The van der Waals surface area contributed by atoms with E-state index in [1.807, 2.05) is 46.5 Å². The van der Waals surface area contributed by atoms with E-state index in [4.69, 9.17) is 9.47 Å². The van der Waals surface area contributed by atoms with E-state index in [0.717, 1.165) is 48.0 Å². The molecule has 5 rings (SSSR count). The van der Waals surface area contributed by atoms with E-state index in [9.17, 15) is 4.79 Å². The van der Waals surface area contributed by atoms with E-state index in [1.54, 1.807) is 24.3 Å². The number of pyridine rings is 1. The van der Waals surface area contributed by atoms with Crippen molar-refractivity contribution in [3.63, 3.8) is 0 Å². The fraction of sp³-hybridized carbons (Fsp3) is 0.429. The number of rotatable bonds is 12. The molecule has 0 aliphatic carbocycles. The van der Waals surface area contributed by atoms with Crippen molar-refractivity contribution >= 4 is 22.8 Å². The Kier molecular flexibility index (Phi) is 8.06. The van der Waals surface area contributed by atoms with Crippen LogP contribution in [-0.2, 0) is 19.6 Å². The highest BCUT2D eigenvalue weighted by Gasteiger charge is 2.28. The van der Waals surface area contributed by atoms with Crippen LogP contribution in [0.15, 0.2) is 55.1 Å². The zero-order valence-electron chi connectivity index (χ0n) is 22.1. The molecule has 0 spiro atoms. The minimum atomic E-state index is -0.00694. The second-order valence-electron chi connectivity index (χ2n) is 9.44. The number of aryl methyl sites for hydroxylation is 2. The lowest BCUT2D eigenvalue weighted by Crippen LogP contribution is -2.49. The number of fused-ring (bicyclic) bond motifs is 1. The molecule has 38 heavy (non-hydrogen) atoms. The van der Waals surface area contributed by atoms with Crippen LogP contribution >= 0.6 is 0 Å². The molecule has 0 saturated carbocycles. The van der Waals surface area contributed by atoms with Crippen LogP contribution in [0.4, 0.5) is 10.5 Å². The molecular weight excluding hydrogens is 482 g/mol. The number of aromatic nitrogens is 5. The molecule has 200 valence electrons. The summed E-state index contributed by atoms with van der Waals surface area (Å²) in [5, 5.41) is 9.41. The van der Waals surface area contributed by atoms with Gasteiger partial charge in [-0.1, -0.05) is 19.8 Å². The van der Waals surface area contributed by atoms with Crippen molar-refractivity contribution in [1.82, 2.24) is 29.4 Å². The van der Waals surface area contributed by atoms with Gasteiger partial charge in [-0.05, 0) is 42.7 Å². The summed E-state index contributed by atoms with van der Waals surface area (Å²) in [5.41, 5.74) is 2.80. The van der Waals surface area contributed by atoms with E-state index >= 15 is 0 Å². The van der Waals surface area contributed by atoms with Crippen molar-refractivity contribution in [3.8, 4) is 11.5 Å². The van der Waals surface area contributed by atoms with Gasteiger partial charge in [0, 0.05) is 55.7 Å². The lowest BCUT2D eigenvalue weighted by molar-refractivity contribution is 0.192. The number of urea groups is 1. The molecule has 2 amide bonds. The van der Waals surface area contributed by atoms with E-state index in [2.05, 4.69) is 32.7 Å². The molecule has 1 saturated heterocycles. The van der Waals surface area contributed by atoms with Crippen LogP contribution in [0.1, 0.15) is 38.2 Å². The van der Waals surface area contributed by atoms with E-state index in [-0.39, 0.29) is 6.03 Å². The summed E-state index contributed by atoms with van der Waals surface area (Å²) >= 11 is 0. The summed E-state index contributed by atoms with van der Waals surface area (Å²) in [6.07, 6.45) is 11.3. The number of unbranched alkanes of at least 4 members (excludes halogenated alkanes) is 2. The van der Waals surface area contributed by atoms with Crippen LogP contribution < -0.4 is 14.4 Å². The van der Waals surface area contributed by atoms with E-state index in [0.29, 0.717) is 50.8 Å². The molecule has 0 radical (unpaired) electrons. The van der Waals surface area contributed by atoms with Gasteiger partial charge in [-0.25, -0.2) is 9.78 Å². The second kappa shape index (κ2) is 12.0. The molecule has 4 heterocycles. The molecule has 1 aromatic carbocycles. The molecule has 10 heteroatoms. The number of nitrogens with zero attached hydrogens (tertiary/aromatic N) is 7. The molecule has 10 nitrogen and oxygen atoms in total. The minimum absolute atomic E-state index is 0.00694. The largest absolute Gasteiger partial charge is 0.493 e. The summed E-state index contributed by atoms with van der Waals surface area (Å²) < 4.78 is 13.6. The standard InChI is InChI=1S/C28H35N7O3/c1-3-4-5-19-38-26-20-23(7-8-25(26)37-2)34-15-6-14-33(28(34)36)21-22-9-11-29-27-24(22)10-16-32(27)17-18-35-30-12-13-31-35/h7-13,16,20H,3-6,14-15,17-19,21H2,1-2H3. The maximum atomic E-state index is 13.6. The number of carbonyl (C=O) groups excluding carboxylic acids is 1. The quantitative estimate of drug-likeness (QED) is 0.252. The Balaban J connectivity index is 1.30. The normalized spacial score (nSPS) is 13.9. The van der Waals surface area contributed by atoms with E-state index in [1.165, 1.54) is 0 Å². The Bertz CT molecular complexity index is 1350. The first-order valence-corrected chi connectivity index (χ1v) is 13.3. The van der Waals surface area contributed by atoms with Crippen molar-refractivity contribution < 1.29 is 14.3 Å². The van der Waals surface area contributed by atoms with Crippen molar-refractivity contribution in [2.75, 3.05) is 31.7 Å². The fourth-order valence-corrected chi connectivity index (χ4v) is 4.87. The number of ether oxygens (including phenoxy) is 2. The summed E-state index contributed by atoms with van der Waals surface area (Å²) in [6, 6.07) is 9.80. The third-order valence-corrected chi connectivity index (χ3v) is 6.90. The lowest BCUT2D eigenvalue weighted by atomic mass is 10.1. The molecule has 1 aliphatic heterocycles. The zero-order valence-corrected chi connectivity index (χ0v) is 22.1. The SMILES string of the molecule is CCCCCOc1cc(N2CCCN(Cc3ccnc4c3ccn4CCn3nccn3)C2=O)ccc1OC. The highest BCUT2D eigenvalue weighted by molar-refractivity contribution is 5.93. The number of benzene rings is 1. The third kappa shape index (κ3) is 5.58. The Morgan fingerprint density at radius 2 is 1.84 bits per heavy atom. The summed E-state index contributed by atoms with van der Waals surface area (Å²) in [4.78, 5) is 23.6. The number of amides is 2. The molecule has 0 N–H and O–H groups in total. The van der Waals surface area contributed by atoms with E-state index < -0.39 is 0 Å². The van der Waals surface area contributed by atoms with Gasteiger partial charge in [0.1, 0.15) is 5.65 Å². The molecule has 3 aromatic heterocycles. The van der Waals surface area contributed by atoms with Crippen molar-refractivity contribution in [1.29, 1.82) is 0 Å². The van der Waals surface area contributed by atoms with Gasteiger partial charge in [0.2, 0.25) is 0 Å². The first kappa shape index (κ1) is 25.6. The van der Waals surface area contributed by atoms with Crippen LogP contribution in [0.5, 0.6) is 11.5 Å². The Morgan fingerprint density at radius 3 is 2.66 bits per heavy atom. The van der Waals surface area contributed by atoms with Gasteiger partial charge in [0.25, 0.3) is 0 Å². The monoisotopic (exact) mass is 517 g/mol. The molecule has 1 fully saturated rings. The van der Waals surface area contributed by atoms with Crippen LogP contribution in [0.25, 0.3) is 11.0 Å². The predicted molar refractivity (Wildman–Crippen MR) is 146 cm³/mol. The molecule has 1 aliphatic rings. The Morgan fingerprint density at radius 1 is 0.974 bits per heavy atom. The smallest absolute Gasteiger partial charge is 0.324 e. The highest BCUT2D eigenvalue weighted by Crippen LogP contribution is 2.33. The third-order valence-electron chi connectivity index (χ3n) is 6.90. The minimum Gasteiger partial charge on any atom is -0.493 e. The van der Waals surface area contributed by atoms with Crippen molar-refractivity contribution in [3.05, 3.63) is 60.7 Å².